The Hall–Kier alpha value is -0.173. The van der Waals surface area contributed by atoms with E-state index in [0.717, 1.165) is 10.3 Å². The zero-order valence-electron chi connectivity index (χ0n) is 11.8. The quantitative estimate of drug-likeness (QED) is 0.841. The molecule has 0 fully saturated rings. The van der Waals surface area contributed by atoms with Crippen molar-refractivity contribution >= 4 is 24.2 Å². The van der Waals surface area contributed by atoms with Crippen molar-refractivity contribution in [3.8, 4) is 0 Å². The Kier molecular flexibility index (Phi) is 5.17. The lowest BCUT2D eigenvalue weighted by Crippen LogP contribution is -2.41. The van der Waals surface area contributed by atoms with Gasteiger partial charge >= 0.3 is 0 Å². The van der Waals surface area contributed by atoms with Crippen molar-refractivity contribution in [2.45, 2.75) is 52.1 Å². The van der Waals surface area contributed by atoms with Gasteiger partial charge < -0.3 is 9.53 Å². The van der Waals surface area contributed by atoms with Crippen LogP contribution in [0.4, 0.5) is 0 Å². The number of aromatic nitrogens is 2. The highest BCUT2D eigenvalue weighted by Crippen LogP contribution is 2.36. The topological polar surface area (TPSA) is 47.3 Å². The van der Waals surface area contributed by atoms with Crippen molar-refractivity contribution in [1.29, 1.82) is 0 Å². The number of halogens is 1. The molecule has 1 aromatic heterocycles. The molecule has 0 atom stereocenters. The van der Waals surface area contributed by atoms with Crippen LogP contribution in [0.5, 0.6) is 0 Å². The number of aliphatic hydroxyl groups is 1. The second-order valence-electron chi connectivity index (χ2n) is 5.95. The van der Waals surface area contributed by atoms with E-state index in [2.05, 4.69) is 54.9 Å². The largest absolute Gasteiger partial charge is 0.415 e. The first-order valence-electron chi connectivity index (χ1n) is 6.14. The predicted molar refractivity (Wildman–Crippen MR) is 79.0 cm³/mol. The van der Waals surface area contributed by atoms with Gasteiger partial charge in [-0.25, -0.2) is 0 Å². The van der Waals surface area contributed by atoms with Gasteiger partial charge in [0.15, 0.2) is 8.32 Å². The van der Waals surface area contributed by atoms with Crippen molar-refractivity contribution in [2.75, 3.05) is 6.61 Å². The summed E-state index contributed by atoms with van der Waals surface area (Å²) in [6.07, 6.45) is 0. The van der Waals surface area contributed by atoms with Gasteiger partial charge in [0.05, 0.1) is 25.5 Å². The van der Waals surface area contributed by atoms with Crippen molar-refractivity contribution < 1.29 is 9.53 Å². The molecule has 1 N–H and O–H groups in total. The Morgan fingerprint density at radius 2 is 2.06 bits per heavy atom. The van der Waals surface area contributed by atoms with Gasteiger partial charge in [-0.3, -0.25) is 4.68 Å². The molecule has 0 saturated carbocycles. The maximum atomic E-state index is 9.21. The summed E-state index contributed by atoms with van der Waals surface area (Å²) in [6, 6.07) is 1.83. The Balaban J connectivity index is 2.56. The van der Waals surface area contributed by atoms with Crippen LogP contribution in [-0.4, -0.2) is 29.8 Å². The summed E-state index contributed by atoms with van der Waals surface area (Å²) in [6.45, 7) is 12.5. The number of nitrogens with zero attached hydrogens (tertiary/aromatic N) is 2. The number of hydrogen-bond donors (Lipinski definition) is 1. The second kappa shape index (κ2) is 5.86. The van der Waals surface area contributed by atoms with Crippen LogP contribution in [-0.2, 0) is 17.6 Å². The van der Waals surface area contributed by atoms with Crippen molar-refractivity contribution in [3.05, 3.63) is 16.4 Å². The Morgan fingerprint density at radius 1 is 1.44 bits per heavy atom. The van der Waals surface area contributed by atoms with E-state index in [1.807, 2.05) is 6.07 Å². The van der Waals surface area contributed by atoms with E-state index >= 15 is 0 Å². The summed E-state index contributed by atoms with van der Waals surface area (Å²) in [5, 5.41) is 13.7. The third kappa shape index (κ3) is 3.91. The summed E-state index contributed by atoms with van der Waals surface area (Å²) in [4.78, 5) is 0. The maximum Gasteiger partial charge on any atom is 0.192 e. The smallest absolute Gasteiger partial charge is 0.192 e. The minimum absolute atomic E-state index is 0.00130. The third-order valence-corrected chi connectivity index (χ3v) is 8.49. The molecular formula is C12H23BrN2O2Si. The number of rotatable bonds is 5. The average molecular weight is 335 g/mol. The molecule has 0 aromatic carbocycles. The van der Waals surface area contributed by atoms with Crippen molar-refractivity contribution in [1.82, 2.24) is 9.78 Å². The van der Waals surface area contributed by atoms with E-state index in [1.54, 1.807) is 4.68 Å². The van der Waals surface area contributed by atoms with Gasteiger partial charge in [0, 0.05) is 0 Å². The van der Waals surface area contributed by atoms with Gasteiger partial charge in [-0.1, -0.05) is 20.8 Å². The number of aliphatic hydroxyl groups excluding tert-OH is 1. The fraction of sp³-hybridized carbons (Fsp3) is 0.750. The maximum absolute atomic E-state index is 9.21. The normalized spacial score (nSPS) is 13.1. The molecule has 0 aliphatic rings. The molecule has 0 spiro atoms. The SMILES string of the molecule is CC(C)(C)[Si](C)(C)OCCn1nc(Br)cc1CO. The van der Waals surface area contributed by atoms with Crippen LogP contribution >= 0.6 is 15.9 Å². The molecule has 0 bridgehead atoms. The number of hydrogen-bond acceptors (Lipinski definition) is 3. The molecule has 104 valence electrons. The van der Waals surface area contributed by atoms with Crippen LogP contribution in [0.25, 0.3) is 0 Å². The van der Waals surface area contributed by atoms with E-state index < -0.39 is 8.32 Å². The molecule has 0 aliphatic carbocycles. The van der Waals surface area contributed by atoms with Crippen LogP contribution in [0, 0.1) is 0 Å². The van der Waals surface area contributed by atoms with E-state index in [-0.39, 0.29) is 11.6 Å². The van der Waals surface area contributed by atoms with Crippen LogP contribution in [0.1, 0.15) is 26.5 Å². The van der Waals surface area contributed by atoms with Crippen LogP contribution < -0.4 is 0 Å². The molecule has 0 radical (unpaired) electrons. The summed E-state index contributed by atoms with van der Waals surface area (Å²) < 4.78 is 8.63. The highest BCUT2D eigenvalue weighted by atomic mass is 79.9. The minimum atomic E-state index is -1.69. The molecule has 1 heterocycles. The molecule has 6 heteroatoms. The van der Waals surface area contributed by atoms with Crippen molar-refractivity contribution in [2.24, 2.45) is 0 Å². The van der Waals surface area contributed by atoms with Crippen LogP contribution in [0.2, 0.25) is 18.1 Å². The minimum Gasteiger partial charge on any atom is -0.415 e. The van der Waals surface area contributed by atoms with E-state index in [0.29, 0.717) is 13.2 Å². The molecule has 18 heavy (non-hydrogen) atoms. The molecule has 1 aromatic rings. The first-order valence-corrected chi connectivity index (χ1v) is 9.84. The second-order valence-corrected chi connectivity index (χ2v) is 11.6. The molecule has 0 saturated heterocycles. The third-order valence-electron chi connectivity index (χ3n) is 3.57. The summed E-state index contributed by atoms with van der Waals surface area (Å²) in [5.74, 6) is 0. The summed E-state index contributed by atoms with van der Waals surface area (Å²) in [5.41, 5.74) is 0.806. The average Bonchev–Trinajstić information content (AvgIpc) is 2.57. The van der Waals surface area contributed by atoms with E-state index in [1.165, 1.54) is 0 Å². The molecular weight excluding hydrogens is 312 g/mol. The Labute approximate surface area is 119 Å². The Morgan fingerprint density at radius 3 is 2.56 bits per heavy atom. The van der Waals surface area contributed by atoms with Gasteiger partial charge in [-0.05, 0) is 40.1 Å². The summed E-state index contributed by atoms with van der Waals surface area (Å²) in [7, 11) is -1.69. The molecule has 0 unspecified atom stereocenters. The van der Waals surface area contributed by atoms with E-state index in [9.17, 15) is 5.11 Å². The lowest BCUT2D eigenvalue weighted by molar-refractivity contribution is 0.243. The monoisotopic (exact) mass is 334 g/mol. The first-order chi connectivity index (χ1) is 8.17. The van der Waals surface area contributed by atoms with Gasteiger partial charge in [0.25, 0.3) is 0 Å². The van der Waals surface area contributed by atoms with Gasteiger partial charge in [0.1, 0.15) is 4.60 Å². The highest BCUT2D eigenvalue weighted by Gasteiger charge is 2.36. The Bertz CT molecular complexity index is 399. The summed E-state index contributed by atoms with van der Waals surface area (Å²) >= 11 is 3.31. The first kappa shape index (κ1) is 15.9. The highest BCUT2D eigenvalue weighted by molar-refractivity contribution is 9.10. The standard InChI is InChI=1S/C12H23BrN2O2Si/c1-12(2,3)18(4,5)17-7-6-15-10(9-16)8-11(13)14-15/h8,16H,6-7,9H2,1-5H3. The van der Waals surface area contributed by atoms with Gasteiger partial charge in [-0.2, -0.15) is 5.10 Å². The lowest BCUT2D eigenvalue weighted by atomic mass is 10.2. The van der Waals surface area contributed by atoms with Crippen LogP contribution in [0.15, 0.2) is 10.7 Å². The van der Waals surface area contributed by atoms with E-state index in [4.69, 9.17) is 4.43 Å². The fourth-order valence-electron chi connectivity index (χ4n) is 1.35. The predicted octanol–water partition coefficient (Wildman–Crippen LogP) is 3.16. The van der Waals surface area contributed by atoms with Crippen LogP contribution in [0.3, 0.4) is 0 Å². The van der Waals surface area contributed by atoms with Gasteiger partial charge in [0.2, 0.25) is 0 Å². The molecule has 0 aliphatic heterocycles. The fourth-order valence-corrected chi connectivity index (χ4v) is 2.84. The zero-order valence-corrected chi connectivity index (χ0v) is 14.4. The van der Waals surface area contributed by atoms with Gasteiger partial charge in [-0.15, -0.1) is 0 Å². The lowest BCUT2D eigenvalue weighted by Gasteiger charge is -2.36. The zero-order chi connectivity index (χ0) is 14.0. The molecule has 4 nitrogen and oxygen atoms in total. The molecule has 1 rings (SSSR count). The molecule has 0 amide bonds. The van der Waals surface area contributed by atoms with Crippen molar-refractivity contribution in [3.63, 3.8) is 0 Å².